The lowest BCUT2D eigenvalue weighted by Crippen LogP contribution is -2.52. The average Bonchev–Trinajstić information content (AvgIpc) is 3.56. The number of amides is 3. The summed E-state index contributed by atoms with van der Waals surface area (Å²) in [7, 11) is 3.07. The van der Waals surface area contributed by atoms with Gasteiger partial charge in [0.15, 0.2) is 0 Å². The summed E-state index contributed by atoms with van der Waals surface area (Å²) in [5, 5.41) is 2.69. The molecule has 8 nitrogen and oxygen atoms in total. The summed E-state index contributed by atoms with van der Waals surface area (Å²) in [6, 6.07) is 5.06. The number of nitrogens with zero attached hydrogens (tertiary/aromatic N) is 2. The summed E-state index contributed by atoms with van der Waals surface area (Å²) in [5.41, 5.74) is 0.489. The normalized spacial score (nSPS) is 16.7. The van der Waals surface area contributed by atoms with Crippen LogP contribution in [0.5, 0.6) is 11.5 Å². The van der Waals surface area contributed by atoms with Gasteiger partial charge in [-0.3, -0.25) is 14.4 Å². The number of hydrogen-bond acceptors (Lipinski definition) is 5. The highest BCUT2D eigenvalue weighted by Crippen LogP contribution is 2.28. The average molecular weight is 375 g/mol. The van der Waals surface area contributed by atoms with Crippen LogP contribution in [0, 0.1) is 5.92 Å². The number of carbonyl (C=O) groups excluding carboxylic acids is 3. The number of methoxy groups -OCH3 is 2. The number of piperazine rings is 1. The lowest BCUT2D eigenvalue weighted by molar-refractivity contribution is -0.134. The Morgan fingerprint density at radius 1 is 0.963 bits per heavy atom. The van der Waals surface area contributed by atoms with Crippen LogP contribution in [0.1, 0.15) is 23.2 Å². The SMILES string of the molecule is COc1cc(OC)cc(C(=O)N2CCN(C(=O)CNC(=O)C3CC3)CC2)c1. The molecule has 1 aliphatic carbocycles. The zero-order chi connectivity index (χ0) is 19.4. The van der Waals surface area contributed by atoms with Crippen molar-refractivity contribution in [1.29, 1.82) is 0 Å². The molecule has 3 amide bonds. The predicted molar refractivity (Wildman–Crippen MR) is 97.8 cm³/mol. The van der Waals surface area contributed by atoms with Crippen LogP contribution in [0.3, 0.4) is 0 Å². The van der Waals surface area contributed by atoms with Gasteiger partial charge in [0.05, 0.1) is 20.8 Å². The Bertz CT molecular complexity index is 702. The van der Waals surface area contributed by atoms with E-state index >= 15 is 0 Å². The molecule has 1 saturated carbocycles. The first-order valence-corrected chi connectivity index (χ1v) is 9.09. The van der Waals surface area contributed by atoms with E-state index in [4.69, 9.17) is 9.47 Å². The third-order valence-electron chi connectivity index (χ3n) is 4.88. The highest BCUT2D eigenvalue weighted by Gasteiger charge is 2.30. The first-order chi connectivity index (χ1) is 13.0. The van der Waals surface area contributed by atoms with Crippen LogP contribution < -0.4 is 14.8 Å². The molecule has 0 atom stereocenters. The van der Waals surface area contributed by atoms with Crippen molar-refractivity contribution in [2.45, 2.75) is 12.8 Å². The molecule has 1 aromatic carbocycles. The van der Waals surface area contributed by atoms with E-state index in [2.05, 4.69) is 5.32 Å². The molecule has 3 rings (SSSR count). The van der Waals surface area contributed by atoms with Crippen molar-refractivity contribution in [1.82, 2.24) is 15.1 Å². The van der Waals surface area contributed by atoms with Crippen LogP contribution in [0.25, 0.3) is 0 Å². The minimum atomic E-state index is -0.124. The number of benzene rings is 1. The standard InChI is InChI=1S/C19H25N3O5/c1-26-15-9-14(10-16(11-15)27-2)19(25)22-7-5-21(6-8-22)17(23)12-20-18(24)13-3-4-13/h9-11,13H,3-8,12H2,1-2H3,(H,20,24). The fourth-order valence-electron chi connectivity index (χ4n) is 3.04. The van der Waals surface area contributed by atoms with Crippen LogP contribution in [0.2, 0.25) is 0 Å². The van der Waals surface area contributed by atoms with Crippen LogP contribution in [-0.4, -0.2) is 74.5 Å². The highest BCUT2D eigenvalue weighted by molar-refractivity contribution is 5.95. The van der Waals surface area contributed by atoms with Gasteiger partial charge in [0.2, 0.25) is 11.8 Å². The molecule has 0 unspecified atom stereocenters. The molecule has 2 aliphatic rings. The molecular formula is C19H25N3O5. The van der Waals surface area contributed by atoms with Crippen LogP contribution in [-0.2, 0) is 9.59 Å². The van der Waals surface area contributed by atoms with E-state index in [-0.39, 0.29) is 30.2 Å². The molecule has 0 radical (unpaired) electrons. The van der Waals surface area contributed by atoms with Gasteiger partial charge in [0, 0.05) is 43.7 Å². The Kier molecular flexibility index (Phi) is 5.83. The van der Waals surface area contributed by atoms with E-state index < -0.39 is 0 Å². The number of ether oxygens (including phenoxy) is 2. The first-order valence-electron chi connectivity index (χ1n) is 9.09. The van der Waals surface area contributed by atoms with Gasteiger partial charge in [-0.05, 0) is 25.0 Å². The largest absolute Gasteiger partial charge is 0.497 e. The summed E-state index contributed by atoms with van der Waals surface area (Å²) in [4.78, 5) is 40.0. The Morgan fingerprint density at radius 2 is 1.52 bits per heavy atom. The summed E-state index contributed by atoms with van der Waals surface area (Å²) in [5.74, 6) is 0.924. The molecule has 146 valence electrons. The van der Waals surface area contributed by atoms with Crippen molar-refractivity contribution < 1.29 is 23.9 Å². The number of carbonyl (C=O) groups is 3. The van der Waals surface area contributed by atoms with Gasteiger partial charge < -0.3 is 24.6 Å². The van der Waals surface area contributed by atoms with Gasteiger partial charge in [-0.25, -0.2) is 0 Å². The molecule has 1 aromatic rings. The van der Waals surface area contributed by atoms with E-state index in [0.29, 0.717) is 43.2 Å². The second-order valence-corrected chi connectivity index (χ2v) is 6.77. The van der Waals surface area contributed by atoms with Crippen LogP contribution in [0.15, 0.2) is 18.2 Å². The maximum Gasteiger partial charge on any atom is 0.254 e. The van der Waals surface area contributed by atoms with E-state index in [9.17, 15) is 14.4 Å². The lowest BCUT2D eigenvalue weighted by atomic mass is 10.1. The zero-order valence-electron chi connectivity index (χ0n) is 15.7. The molecule has 0 spiro atoms. The summed E-state index contributed by atoms with van der Waals surface area (Å²) >= 11 is 0. The van der Waals surface area contributed by atoms with Crippen molar-refractivity contribution in [3.8, 4) is 11.5 Å². The zero-order valence-corrected chi connectivity index (χ0v) is 15.7. The van der Waals surface area contributed by atoms with Crippen molar-refractivity contribution in [3.63, 3.8) is 0 Å². The minimum Gasteiger partial charge on any atom is -0.497 e. The molecule has 2 fully saturated rings. The Labute approximate surface area is 158 Å². The van der Waals surface area contributed by atoms with Gasteiger partial charge in [-0.1, -0.05) is 0 Å². The summed E-state index contributed by atoms with van der Waals surface area (Å²) in [6.07, 6.45) is 1.83. The number of hydrogen-bond donors (Lipinski definition) is 1. The molecule has 27 heavy (non-hydrogen) atoms. The lowest BCUT2D eigenvalue weighted by Gasteiger charge is -2.35. The molecular weight excluding hydrogens is 350 g/mol. The van der Waals surface area contributed by atoms with Gasteiger partial charge in [-0.2, -0.15) is 0 Å². The van der Waals surface area contributed by atoms with Crippen molar-refractivity contribution in [2.24, 2.45) is 5.92 Å². The van der Waals surface area contributed by atoms with Gasteiger partial charge in [0.25, 0.3) is 5.91 Å². The highest BCUT2D eigenvalue weighted by atomic mass is 16.5. The van der Waals surface area contributed by atoms with Crippen molar-refractivity contribution >= 4 is 17.7 Å². The minimum absolute atomic E-state index is 0.0242. The molecule has 1 aliphatic heterocycles. The van der Waals surface area contributed by atoms with E-state index in [0.717, 1.165) is 12.8 Å². The Morgan fingerprint density at radius 3 is 2.04 bits per heavy atom. The first kappa shape index (κ1) is 19.0. The maximum absolute atomic E-state index is 12.8. The third-order valence-corrected chi connectivity index (χ3v) is 4.88. The van der Waals surface area contributed by atoms with E-state index in [1.807, 2.05) is 0 Å². The number of rotatable bonds is 6. The predicted octanol–water partition coefficient (Wildman–Crippen LogP) is 0.514. The molecule has 1 heterocycles. The molecule has 1 saturated heterocycles. The van der Waals surface area contributed by atoms with Gasteiger partial charge >= 0.3 is 0 Å². The fourth-order valence-corrected chi connectivity index (χ4v) is 3.04. The monoisotopic (exact) mass is 375 g/mol. The molecule has 8 heteroatoms. The Balaban J connectivity index is 1.53. The number of nitrogens with one attached hydrogen (secondary N) is 1. The second kappa shape index (κ2) is 8.28. The topological polar surface area (TPSA) is 88.2 Å². The maximum atomic E-state index is 12.8. The quantitative estimate of drug-likeness (QED) is 0.783. The molecule has 0 bridgehead atoms. The van der Waals surface area contributed by atoms with Crippen LogP contribution in [0.4, 0.5) is 0 Å². The van der Waals surface area contributed by atoms with E-state index in [1.54, 1.807) is 28.0 Å². The smallest absolute Gasteiger partial charge is 0.254 e. The fraction of sp³-hybridized carbons (Fsp3) is 0.526. The molecule has 1 N–H and O–H groups in total. The second-order valence-electron chi connectivity index (χ2n) is 6.77. The van der Waals surface area contributed by atoms with Gasteiger partial charge in [-0.15, -0.1) is 0 Å². The van der Waals surface area contributed by atoms with Crippen molar-refractivity contribution in [3.05, 3.63) is 23.8 Å². The summed E-state index contributed by atoms with van der Waals surface area (Å²) in [6.45, 7) is 1.81. The Hall–Kier alpha value is -2.77. The molecule has 0 aromatic heterocycles. The third kappa shape index (κ3) is 4.69. The van der Waals surface area contributed by atoms with Gasteiger partial charge in [0.1, 0.15) is 11.5 Å². The van der Waals surface area contributed by atoms with E-state index in [1.165, 1.54) is 14.2 Å². The van der Waals surface area contributed by atoms with Crippen molar-refractivity contribution in [2.75, 3.05) is 46.9 Å². The van der Waals surface area contributed by atoms with Crippen LogP contribution >= 0.6 is 0 Å². The summed E-state index contributed by atoms with van der Waals surface area (Å²) < 4.78 is 10.4.